The van der Waals surface area contributed by atoms with Crippen LogP contribution in [0.5, 0.6) is 11.5 Å². The number of hydrogen-bond donors (Lipinski definition) is 4. The van der Waals surface area contributed by atoms with Gasteiger partial charge in [0.1, 0.15) is 24.1 Å². The SMILES string of the molecule is COc1cc(CCC(=O)CC2OCC(O)C(O)C2O)ccc1O. The van der Waals surface area contributed by atoms with E-state index in [1.54, 1.807) is 12.1 Å². The van der Waals surface area contributed by atoms with Gasteiger partial charge < -0.3 is 29.9 Å². The first kappa shape index (κ1) is 17.7. The van der Waals surface area contributed by atoms with E-state index >= 15 is 0 Å². The van der Waals surface area contributed by atoms with E-state index in [1.165, 1.54) is 13.2 Å². The standard InChI is InChI=1S/C16H22O7/c1-22-13-6-9(3-5-11(13)18)2-4-10(17)7-14-16(21)15(20)12(19)8-23-14/h3,5-6,12,14-16,18-21H,2,4,7-8H2,1H3. The van der Waals surface area contributed by atoms with Crippen LogP contribution in [0, 0.1) is 0 Å². The van der Waals surface area contributed by atoms with Crippen molar-refractivity contribution in [2.45, 2.75) is 43.7 Å². The number of aryl methyl sites for hydroxylation is 1. The summed E-state index contributed by atoms with van der Waals surface area (Å²) in [5.74, 6) is 0.261. The van der Waals surface area contributed by atoms with E-state index < -0.39 is 24.4 Å². The zero-order valence-corrected chi connectivity index (χ0v) is 12.9. The lowest BCUT2D eigenvalue weighted by atomic mass is 9.95. The zero-order valence-electron chi connectivity index (χ0n) is 12.9. The minimum absolute atomic E-state index is 0.0276. The molecule has 0 aromatic heterocycles. The van der Waals surface area contributed by atoms with Crippen molar-refractivity contribution in [1.82, 2.24) is 0 Å². The second-order valence-corrected chi connectivity index (χ2v) is 5.67. The van der Waals surface area contributed by atoms with Gasteiger partial charge in [-0.15, -0.1) is 0 Å². The van der Waals surface area contributed by atoms with E-state index in [2.05, 4.69) is 0 Å². The lowest BCUT2D eigenvalue weighted by Crippen LogP contribution is -2.53. The van der Waals surface area contributed by atoms with Crippen LogP contribution in [-0.4, -0.2) is 64.3 Å². The third kappa shape index (κ3) is 4.42. The lowest BCUT2D eigenvalue weighted by Gasteiger charge is -2.34. The molecule has 128 valence electrons. The Labute approximate surface area is 134 Å². The topological polar surface area (TPSA) is 116 Å². The minimum atomic E-state index is -1.30. The van der Waals surface area contributed by atoms with Gasteiger partial charge in [0.2, 0.25) is 0 Å². The molecule has 7 heteroatoms. The number of aliphatic hydroxyl groups excluding tert-OH is 3. The van der Waals surface area contributed by atoms with Crippen molar-refractivity contribution in [3.05, 3.63) is 23.8 Å². The third-order valence-corrected chi connectivity index (χ3v) is 3.97. The number of rotatable bonds is 6. The average Bonchev–Trinajstić information content (AvgIpc) is 2.54. The van der Waals surface area contributed by atoms with Crippen LogP contribution in [-0.2, 0) is 16.0 Å². The van der Waals surface area contributed by atoms with Gasteiger partial charge in [-0.2, -0.15) is 0 Å². The number of phenols is 1. The van der Waals surface area contributed by atoms with E-state index in [0.717, 1.165) is 5.56 Å². The highest BCUT2D eigenvalue weighted by Crippen LogP contribution is 2.27. The fourth-order valence-electron chi connectivity index (χ4n) is 2.53. The summed E-state index contributed by atoms with van der Waals surface area (Å²) in [7, 11) is 1.45. The number of benzene rings is 1. The Morgan fingerprint density at radius 3 is 2.74 bits per heavy atom. The number of phenolic OH excluding ortho intramolecular Hbond substituents is 1. The van der Waals surface area contributed by atoms with Crippen molar-refractivity contribution in [3.63, 3.8) is 0 Å². The van der Waals surface area contributed by atoms with Gasteiger partial charge in [0, 0.05) is 12.8 Å². The summed E-state index contributed by atoms with van der Waals surface area (Å²) in [6.45, 7) is -0.106. The smallest absolute Gasteiger partial charge is 0.160 e. The number of aromatic hydroxyl groups is 1. The number of hydrogen-bond acceptors (Lipinski definition) is 7. The number of aliphatic hydroxyl groups is 3. The van der Waals surface area contributed by atoms with Crippen LogP contribution in [0.25, 0.3) is 0 Å². The second-order valence-electron chi connectivity index (χ2n) is 5.67. The van der Waals surface area contributed by atoms with Gasteiger partial charge in [0.25, 0.3) is 0 Å². The van der Waals surface area contributed by atoms with Gasteiger partial charge in [-0.1, -0.05) is 6.07 Å². The van der Waals surface area contributed by atoms with Crippen LogP contribution in [0.1, 0.15) is 18.4 Å². The van der Waals surface area contributed by atoms with E-state index in [9.17, 15) is 25.2 Å². The summed E-state index contributed by atoms with van der Waals surface area (Å²) in [5, 5.41) is 38.3. The fraction of sp³-hybridized carbons (Fsp3) is 0.562. The molecule has 0 saturated carbocycles. The first-order valence-corrected chi connectivity index (χ1v) is 7.45. The molecule has 7 nitrogen and oxygen atoms in total. The number of carbonyl (C=O) groups is 1. The Bertz CT molecular complexity index is 545. The molecule has 1 aliphatic heterocycles. The summed E-state index contributed by atoms with van der Waals surface area (Å²) in [4.78, 5) is 12.0. The van der Waals surface area contributed by atoms with Gasteiger partial charge >= 0.3 is 0 Å². The molecule has 1 heterocycles. The highest BCUT2D eigenvalue weighted by Gasteiger charge is 2.38. The monoisotopic (exact) mass is 326 g/mol. The molecule has 2 rings (SSSR count). The maximum atomic E-state index is 12.0. The number of Topliss-reactive ketones (excluding diaryl/α,β-unsaturated/α-hetero) is 1. The summed E-state index contributed by atoms with van der Waals surface area (Å²) < 4.78 is 10.2. The first-order valence-electron chi connectivity index (χ1n) is 7.45. The van der Waals surface area contributed by atoms with Crippen LogP contribution >= 0.6 is 0 Å². The highest BCUT2D eigenvalue weighted by molar-refractivity contribution is 5.79. The largest absolute Gasteiger partial charge is 0.504 e. The number of ketones is 1. The van der Waals surface area contributed by atoms with E-state index in [0.29, 0.717) is 12.2 Å². The Hall–Kier alpha value is -1.67. The minimum Gasteiger partial charge on any atom is -0.504 e. The van der Waals surface area contributed by atoms with Crippen LogP contribution in [0.4, 0.5) is 0 Å². The molecule has 23 heavy (non-hydrogen) atoms. The van der Waals surface area contributed by atoms with Gasteiger partial charge in [-0.05, 0) is 24.1 Å². The van der Waals surface area contributed by atoms with E-state index in [4.69, 9.17) is 9.47 Å². The number of carbonyl (C=O) groups excluding carboxylic acids is 1. The van der Waals surface area contributed by atoms with Gasteiger partial charge in [-0.3, -0.25) is 4.79 Å². The molecule has 0 aliphatic carbocycles. The number of methoxy groups -OCH3 is 1. The third-order valence-electron chi connectivity index (χ3n) is 3.97. The quantitative estimate of drug-likeness (QED) is 0.571. The fourth-order valence-corrected chi connectivity index (χ4v) is 2.53. The first-order chi connectivity index (χ1) is 10.9. The van der Waals surface area contributed by atoms with Crippen molar-refractivity contribution in [2.24, 2.45) is 0 Å². The second kappa shape index (κ2) is 7.74. The summed E-state index contributed by atoms with van der Waals surface area (Å²) >= 11 is 0. The highest BCUT2D eigenvalue weighted by atomic mass is 16.5. The Kier molecular flexibility index (Phi) is 5.95. The molecule has 0 radical (unpaired) electrons. The molecule has 1 aromatic carbocycles. The molecule has 1 aliphatic rings. The molecular formula is C16H22O7. The molecule has 1 saturated heterocycles. The molecule has 1 aromatic rings. The van der Waals surface area contributed by atoms with Crippen LogP contribution < -0.4 is 4.74 Å². The molecule has 0 spiro atoms. The van der Waals surface area contributed by atoms with Gasteiger partial charge in [0.15, 0.2) is 11.5 Å². The maximum Gasteiger partial charge on any atom is 0.160 e. The normalized spacial score (nSPS) is 27.7. The van der Waals surface area contributed by atoms with Crippen molar-refractivity contribution < 1.29 is 34.7 Å². The number of ether oxygens (including phenoxy) is 2. The zero-order chi connectivity index (χ0) is 17.0. The van der Waals surface area contributed by atoms with Crippen molar-refractivity contribution in [1.29, 1.82) is 0 Å². The van der Waals surface area contributed by atoms with Gasteiger partial charge in [0.05, 0.1) is 19.8 Å². The lowest BCUT2D eigenvalue weighted by molar-refractivity contribution is -0.189. The van der Waals surface area contributed by atoms with Crippen molar-refractivity contribution in [3.8, 4) is 11.5 Å². The molecule has 4 N–H and O–H groups in total. The Morgan fingerprint density at radius 2 is 2.04 bits per heavy atom. The Morgan fingerprint density at radius 1 is 1.30 bits per heavy atom. The van der Waals surface area contributed by atoms with E-state index in [1.807, 2.05) is 0 Å². The summed E-state index contributed by atoms with van der Waals surface area (Å²) in [5.41, 5.74) is 0.841. The average molecular weight is 326 g/mol. The van der Waals surface area contributed by atoms with Crippen LogP contribution in [0.2, 0.25) is 0 Å². The molecule has 0 bridgehead atoms. The molecular weight excluding hydrogens is 304 g/mol. The Balaban J connectivity index is 1.86. The van der Waals surface area contributed by atoms with Crippen LogP contribution in [0.3, 0.4) is 0 Å². The molecule has 0 amide bonds. The van der Waals surface area contributed by atoms with Gasteiger partial charge in [-0.25, -0.2) is 0 Å². The maximum absolute atomic E-state index is 12.0. The predicted molar refractivity (Wildman–Crippen MR) is 80.4 cm³/mol. The molecule has 1 fully saturated rings. The molecule has 4 unspecified atom stereocenters. The molecule has 4 atom stereocenters. The summed E-state index contributed by atoms with van der Waals surface area (Å²) in [6, 6.07) is 4.87. The van der Waals surface area contributed by atoms with Crippen LogP contribution in [0.15, 0.2) is 18.2 Å². The summed E-state index contributed by atoms with van der Waals surface area (Å²) in [6.07, 6.45) is -3.86. The van der Waals surface area contributed by atoms with E-state index in [-0.39, 0.29) is 31.0 Å². The predicted octanol–water partition coefficient (Wildman–Crippen LogP) is -0.226. The van der Waals surface area contributed by atoms with Crippen molar-refractivity contribution >= 4 is 5.78 Å². The van der Waals surface area contributed by atoms with Crippen molar-refractivity contribution in [2.75, 3.05) is 13.7 Å².